The minimum atomic E-state index is -0.355. The highest BCUT2D eigenvalue weighted by molar-refractivity contribution is 6.06. The van der Waals surface area contributed by atoms with E-state index < -0.39 is 0 Å². The van der Waals surface area contributed by atoms with E-state index in [1.807, 2.05) is 23.1 Å². The van der Waals surface area contributed by atoms with E-state index >= 15 is 0 Å². The van der Waals surface area contributed by atoms with Crippen LogP contribution in [0.2, 0.25) is 0 Å². The zero-order valence-corrected chi connectivity index (χ0v) is 18.2. The molecule has 1 amide bonds. The van der Waals surface area contributed by atoms with Crippen molar-refractivity contribution in [2.45, 2.75) is 32.7 Å². The summed E-state index contributed by atoms with van der Waals surface area (Å²) >= 11 is 0. The van der Waals surface area contributed by atoms with Gasteiger partial charge in [0.1, 0.15) is 5.82 Å². The number of methoxy groups -OCH3 is 2. The second-order valence-corrected chi connectivity index (χ2v) is 8.15. The number of rotatable bonds is 7. The van der Waals surface area contributed by atoms with Gasteiger partial charge in [0, 0.05) is 43.0 Å². The molecule has 6 heteroatoms. The average Bonchev–Trinajstić information content (AvgIpc) is 2.75. The van der Waals surface area contributed by atoms with Crippen molar-refractivity contribution in [2.24, 2.45) is 5.92 Å². The highest BCUT2D eigenvalue weighted by Crippen LogP contribution is 2.34. The van der Waals surface area contributed by atoms with E-state index in [1.54, 1.807) is 26.4 Å². The molecule has 1 aliphatic rings. The first-order valence-electron chi connectivity index (χ1n) is 10.5. The molecule has 0 unspecified atom stereocenters. The van der Waals surface area contributed by atoms with Gasteiger partial charge in [-0.25, -0.2) is 4.39 Å². The number of hydrogen-bond donors (Lipinski definition) is 0. The molecule has 162 valence electrons. The van der Waals surface area contributed by atoms with Crippen LogP contribution in [-0.2, 0) is 0 Å². The summed E-state index contributed by atoms with van der Waals surface area (Å²) < 4.78 is 24.2. The molecule has 1 heterocycles. The second-order valence-electron chi connectivity index (χ2n) is 8.15. The largest absolute Gasteiger partial charge is 0.493 e. The number of benzene rings is 2. The Balaban J connectivity index is 1.91. The van der Waals surface area contributed by atoms with Gasteiger partial charge in [-0.2, -0.15) is 0 Å². The van der Waals surface area contributed by atoms with Crippen LogP contribution < -0.4 is 14.4 Å². The maximum atomic E-state index is 13.5. The number of nitrogens with zero attached hydrogens (tertiary/aromatic N) is 2. The minimum absolute atomic E-state index is 0.0593. The zero-order valence-electron chi connectivity index (χ0n) is 18.2. The summed E-state index contributed by atoms with van der Waals surface area (Å²) in [6.07, 6.45) is 1.77. The summed E-state index contributed by atoms with van der Waals surface area (Å²) in [6, 6.07) is 11.3. The van der Waals surface area contributed by atoms with Crippen molar-refractivity contribution in [3.8, 4) is 11.5 Å². The SMILES string of the molecule is COc1ccc(N(C(=O)c2ccc(F)cc2)C2CCN(CC(C)C)CC2)cc1OC. The predicted molar refractivity (Wildman–Crippen MR) is 117 cm³/mol. The number of carbonyl (C=O) groups is 1. The van der Waals surface area contributed by atoms with Crippen molar-refractivity contribution in [3.63, 3.8) is 0 Å². The van der Waals surface area contributed by atoms with Crippen molar-refractivity contribution in [1.82, 2.24) is 4.90 Å². The number of halogens is 1. The molecule has 0 saturated carbocycles. The molecule has 3 rings (SSSR count). The Morgan fingerprint density at radius 2 is 1.70 bits per heavy atom. The number of anilines is 1. The van der Waals surface area contributed by atoms with Gasteiger partial charge >= 0.3 is 0 Å². The summed E-state index contributed by atoms with van der Waals surface area (Å²) in [7, 11) is 3.17. The fourth-order valence-corrected chi connectivity index (χ4v) is 4.08. The van der Waals surface area contributed by atoms with Crippen LogP contribution in [0.15, 0.2) is 42.5 Å². The minimum Gasteiger partial charge on any atom is -0.493 e. The molecular weight excluding hydrogens is 383 g/mol. The monoisotopic (exact) mass is 414 g/mol. The molecule has 5 nitrogen and oxygen atoms in total. The fourth-order valence-electron chi connectivity index (χ4n) is 4.08. The van der Waals surface area contributed by atoms with Crippen LogP contribution in [0, 0.1) is 11.7 Å². The molecule has 1 fully saturated rings. The second kappa shape index (κ2) is 9.94. The number of carbonyl (C=O) groups excluding carboxylic acids is 1. The maximum Gasteiger partial charge on any atom is 0.258 e. The normalized spacial score (nSPS) is 15.3. The summed E-state index contributed by atoms with van der Waals surface area (Å²) in [5, 5.41) is 0. The number of amides is 1. The van der Waals surface area contributed by atoms with Crippen molar-refractivity contribution in [3.05, 3.63) is 53.8 Å². The van der Waals surface area contributed by atoms with Crippen molar-refractivity contribution < 1.29 is 18.7 Å². The lowest BCUT2D eigenvalue weighted by atomic mass is 9.99. The Bertz CT molecular complexity index is 846. The molecule has 0 aromatic heterocycles. The van der Waals surface area contributed by atoms with Gasteiger partial charge in [-0.15, -0.1) is 0 Å². The molecule has 0 atom stereocenters. The molecule has 0 N–H and O–H groups in total. The third kappa shape index (κ3) is 5.11. The lowest BCUT2D eigenvalue weighted by Gasteiger charge is -2.39. The Kier molecular flexibility index (Phi) is 7.32. The predicted octanol–water partition coefficient (Wildman–Crippen LogP) is 4.61. The van der Waals surface area contributed by atoms with Crippen LogP contribution >= 0.6 is 0 Å². The number of piperidine rings is 1. The van der Waals surface area contributed by atoms with Gasteiger partial charge in [0.2, 0.25) is 0 Å². The van der Waals surface area contributed by atoms with E-state index in [0.717, 1.165) is 38.2 Å². The van der Waals surface area contributed by atoms with E-state index in [4.69, 9.17) is 9.47 Å². The van der Waals surface area contributed by atoms with Gasteiger partial charge in [0.05, 0.1) is 14.2 Å². The maximum absolute atomic E-state index is 13.5. The highest BCUT2D eigenvalue weighted by Gasteiger charge is 2.30. The zero-order chi connectivity index (χ0) is 21.7. The van der Waals surface area contributed by atoms with Crippen molar-refractivity contribution in [2.75, 3.05) is 38.8 Å². The van der Waals surface area contributed by atoms with Crippen LogP contribution in [0.5, 0.6) is 11.5 Å². The lowest BCUT2D eigenvalue weighted by molar-refractivity contribution is 0.0957. The molecule has 0 bridgehead atoms. The summed E-state index contributed by atoms with van der Waals surface area (Å²) in [5.41, 5.74) is 1.22. The Hall–Kier alpha value is -2.60. The molecule has 1 aliphatic heterocycles. The third-order valence-corrected chi connectivity index (χ3v) is 5.50. The quantitative estimate of drug-likeness (QED) is 0.664. The topological polar surface area (TPSA) is 42.0 Å². The van der Waals surface area contributed by atoms with Gasteiger partial charge in [0.15, 0.2) is 11.5 Å². The molecule has 1 saturated heterocycles. The third-order valence-electron chi connectivity index (χ3n) is 5.50. The fraction of sp³-hybridized carbons (Fsp3) is 0.458. The van der Waals surface area contributed by atoms with Gasteiger partial charge < -0.3 is 19.3 Å². The smallest absolute Gasteiger partial charge is 0.258 e. The van der Waals surface area contributed by atoms with Gasteiger partial charge in [-0.3, -0.25) is 4.79 Å². The molecule has 0 aliphatic carbocycles. The number of ether oxygens (including phenoxy) is 2. The van der Waals surface area contributed by atoms with E-state index in [2.05, 4.69) is 18.7 Å². The molecule has 2 aromatic carbocycles. The Morgan fingerprint density at radius 1 is 1.07 bits per heavy atom. The number of hydrogen-bond acceptors (Lipinski definition) is 4. The van der Waals surface area contributed by atoms with Crippen LogP contribution in [-0.4, -0.2) is 50.7 Å². The molecule has 0 radical (unpaired) electrons. The van der Waals surface area contributed by atoms with Gasteiger partial charge in [-0.1, -0.05) is 13.8 Å². The first kappa shape index (κ1) is 22.1. The molecule has 0 spiro atoms. The Morgan fingerprint density at radius 3 is 2.27 bits per heavy atom. The standard InChI is InChI=1S/C24H31FN2O3/c1-17(2)16-26-13-11-20(12-14-26)27(24(28)18-5-7-19(25)8-6-18)21-9-10-22(29-3)23(15-21)30-4/h5-10,15,17,20H,11-14,16H2,1-4H3. The summed E-state index contributed by atoms with van der Waals surface area (Å²) in [4.78, 5) is 17.8. The van der Waals surface area contributed by atoms with Crippen LogP contribution in [0.1, 0.15) is 37.0 Å². The van der Waals surface area contributed by atoms with E-state index in [-0.39, 0.29) is 17.8 Å². The molecule has 2 aromatic rings. The van der Waals surface area contributed by atoms with Crippen molar-refractivity contribution >= 4 is 11.6 Å². The summed E-state index contributed by atoms with van der Waals surface area (Å²) in [5.74, 6) is 1.31. The van der Waals surface area contributed by atoms with E-state index in [9.17, 15) is 9.18 Å². The first-order chi connectivity index (χ1) is 14.4. The lowest BCUT2D eigenvalue weighted by Crippen LogP contribution is -2.48. The van der Waals surface area contributed by atoms with E-state index in [0.29, 0.717) is 23.0 Å². The first-order valence-corrected chi connectivity index (χ1v) is 10.5. The van der Waals surface area contributed by atoms with Crippen molar-refractivity contribution in [1.29, 1.82) is 0 Å². The van der Waals surface area contributed by atoms with Crippen LogP contribution in [0.3, 0.4) is 0 Å². The van der Waals surface area contributed by atoms with Crippen LogP contribution in [0.4, 0.5) is 10.1 Å². The van der Waals surface area contributed by atoms with Gasteiger partial charge in [0.25, 0.3) is 5.91 Å². The van der Waals surface area contributed by atoms with E-state index in [1.165, 1.54) is 12.1 Å². The van der Waals surface area contributed by atoms with Gasteiger partial charge in [-0.05, 0) is 55.2 Å². The summed E-state index contributed by atoms with van der Waals surface area (Å²) in [6.45, 7) is 7.40. The Labute approximate surface area is 178 Å². The molecule has 30 heavy (non-hydrogen) atoms. The average molecular weight is 415 g/mol. The number of likely N-dealkylation sites (tertiary alicyclic amines) is 1. The molecular formula is C24H31FN2O3. The van der Waals surface area contributed by atoms with Crippen LogP contribution in [0.25, 0.3) is 0 Å². The highest BCUT2D eigenvalue weighted by atomic mass is 19.1.